The zero-order valence-corrected chi connectivity index (χ0v) is 16.0. The number of aromatic nitrogens is 2. The Kier molecular flexibility index (Phi) is 4.61. The van der Waals surface area contributed by atoms with Gasteiger partial charge in [0.05, 0.1) is 18.3 Å². The summed E-state index contributed by atoms with van der Waals surface area (Å²) in [5, 5.41) is 0. The number of hydrogen-bond donors (Lipinski definition) is 1. The van der Waals surface area contributed by atoms with Crippen molar-refractivity contribution in [2.75, 3.05) is 30.3 Å². The fourth-order valence-corrected chi connectivity index (χ4v) is 4.41. The van der Waals surface area contributed by atoms with E-state index in [2.05, 4.69) is 11.9 Å². The third kappa shape index (κ3) is 3.15. The molecule has 28 heavy (non-hydrogen) atoms. The number of piperidine rings is 1. The lowest BCUT2D eigenvalue weighted by molar-refractivity contribution is 0.0974. The first-order valence-electron chi connectivity index (χ1n) is 9.48. The van der Waals surface area contributed by atoms with Gasteiger partial charge in [-0.3, -0.25) is 9.36 Å². The van der Waals surface area contributed by atoms with Crippen LogP contribution in [-0.4, -0.2) is 35.4 Å². The minimum Gasteiger partial charge on any atom is -0.383 e. The van der Waals surface area contributed by atoms with E-state index in [0.717, 1.165) is 51.1 Å². The smallest absolute Gasteiger partial charge is 0.264 e. The molecule has 2 aliphatic heterocycles. The summed E-state index contributed by atoms with van der Waals surface area (Å²) in [4.78, 5) is 19.4. The number of halogens is 2. The molecule has 0 aliphatic carbocycles. The average molecular weight is 390 g/mol. The summed E-state index contributed by atoms with van der Waals surface area (Å²) < 4.78 is 34.6. The lowest BCUT2D eigenvalue weighted by Crippen LogP contribution is -2.43. The Morgan fingerprint density at radius 1 is 1.29 bits per heavy atom. The highest BCUT2D eigenvalue weighted by Crippen LogP contribution is 2.42. The van der Waals surface area contributed by atoms with Crippen LogP contribution in [0.3, 0.4) is 0 Å². The molecule has 150 valence electrons. The third-order valence-corrected chi connectivity index (χ3v) is 6.00. The zero-order chi connectivity index (χ0) is 20.1. The van der Waals surface area contributed by atoms with Crippen molar-refractivity contribution >= 4 is 11.8 Å². The van der Waals surface area contributed by atoms with Gasteiger partial charge in [0.25, 0.3) is 5.56 Å². The molecule has 4 rings (SSSR count). The maximum atomic E-state index is 14.2. The van der Waals surface area contributed by atoms with Crippen molar-refractivity contribution in [3.63, 3.8) is 0 Å². The minimum atomic E-state index is -0.839. The van der Waals surface area contributed by atoms with Crippen LogP contribution in [0.2, 0.25) is 0 Å². The highest BCUT2D eigenvalue weighted by atomic mass is 19.1. The Labute approximate surface area is 161 Å². The van der Waals surface area contributed by atoms with E-state index in [1.807, 2.05) is 4.90 Å². The lowest BCUT2D eigenvalue weighted by atomic mass is 9.77. The first-order chi connectivity index (χ1) is 13.3. The number of anilines is 2. The van der Waals surface area contributed by atoms with Gasteiger partial charge in [0, 0.05) is 31.8 Å². The van der Waals surface area contributed by atoms with Gasteiger partial charge in [-0.1, -0.05) is 0 Å². The van der Waals surface area contributed by atoms with E-state index in [0.29, 0.717) is 5.95 Å². The van der Waals surface area contributed by atoms with Crippen LogP contribution in [0.4, 0.5) is 20.5 Å². The number of benzene rings is 1. The van der Waals surface area contributed by atoms with Crippen LogP contribution in [0.5, 0.6) is 0 Å². The summed E-state index contributed by atoms with van der Waals surface area (Å²) in [5.74, 6) is -1.14. The van der Waals surface area contributed by atoms with Crippen molar-refractivity contribution in [1.82, 2.24) is 9.55 Å². The molecule has 2 fully saturated rings. The van der Waals surface area contributed by atoms with Crippen LogP contribution in [0.15, 0.2) is 23.0 Å². The van der Waals surface area contributed by atoms with Gasteiger partial charge in [0.2, 0.25) is 5.95 Å². The number of nitrogens with two attached hydrogens (primary N) is 1. The summed E-state index contributed by atoms with van der Waals surface area (Å²) in [6.07, 6.45) is 3.26. The third-order valence-electron chi connectivity index (χ3n) is 6.00. The molecule has 1 atom stereocenters. The topological polar surface area (TPSA) is 73.4 Å². The molecule has 1 aromatic carbocycles. The Balaban J connectivity index is 1.65. The molecule has 1 aromatic heterocycles. The fourth-order valence-electron chi connectivity index (χ4n) is 4.41. The van der Waals surface area contributed by atoms with Gasteiger partial charge in [0.1, 0.15) is 17.5 Å². The molecule has 0 unspecified atom stereocenters. The maximum absolute atomic E-state index is 14.2. The molecule has 2 aromatic rings. The fraction of sp³-hybridized carbons (Fsp3) is 0.500. The summed E-state index contributed by atoms with van der Waals surface area (Å²) in [5.41, 5.74) is 5.70. The first-order valence-corrected chi connectivity index (χ1v) is 9.48. The predicted octanol–water partition coefficient (Wildman–Crippen LogP) is 2.70. The summed E-state index contributed by atoms with van der Waals surface area (Å²) in [6.45, 7) is 4.37. The van der Waals surface area contributed by atoms with Crippen molar-refractivity contribution < 1.29 is 13.5 Å². The molecule has 0 radical (unpaired) electrons. The highest BCUT2D eigenvalue weighted by molar-refractivity contribution is 5.74. The number of ether oxygens (including phenoxy) is 1. The first kappa shape index (κ1) is 18.9. The second-order valence-electron chi connectivity index (χ2n) is 7.97. The van der Waals surface area contributed by atoms with E-state index in [1.54, 1.807) is 7.05 Å². The van der Waals surface area contributed by atoms with E-state index in [9.17, 15) is 13.6 Å². The molecule has 6 nitrogen and oxygen atoms in total. The van der Waals surface area contributed by atoms with Gasteiger partial charge >= 0.3 is 0 Å². The Morgan fingerprint density at radius 2 is 2.00 bits per heavy atom. The summed E-state index contributed by atoms with van der Waals surface area (Å²) in [7, 11) is 1.60. The van der Waals surface area contributed by atoms with Crippen LogP contribution in [-0.2, 0) is 11.8 Å². The molecular weight excluding hydrogens is 366 g/mol. The predicted molar refractivity (Wildman–Crippen MR) is 103 cm³/mol. The Bertz CT molecular complexity index is 967. The molecule has 2 aliphatic rings. The molecule has 0 saturated carbocycles. The molecule has 2 saturated heterocycles. The second kappa shape index (κ2) is 6.84. The van der Waals surface area contributed by atoms with Crippen molar-refractivity contribution in [2.45, 2.75) is 32.3 Å². The monoisotopic (exact) mass is 390 g/mol. The van der Waals surface area contributed by atoms with Gasteiger partial charge in [0.15, 0.2) is 0 Å². The van der Waals surface area contributed by atoms with E-state index >= 15 is 0 Å². The molecule has 0 amide bonds. The number of rotatable bonds is 2. The van der Waals surface area contributed by atoms with Crippen molar-refractivity contribution in [2.24, 2.45) is 12.5 Å². The van der Waals surface area contributed by atoms with Gasteiger partial charge in [-0.15, -0.1) is 0 Å². The van der Waals surface area contributed by atoms with Crippen LogP contribution < -0.4 is 16.2 Å². The van der Waals surface area contributed by atoms with Crippen molar-refractivity contribution in [1.29, 1.82) is 0 Å². The zero-order valence-electron chi connectivity index (χ0n) is 16.0. The Morgan fingerprint density at radius 3 is 2.61 bits per heavy atom. The van der Waals surface area contributed by atoms with Gasteiger partial charge in [-0.2, -0.15) is 4.98 Å². The molecule has 3 heterocycles. The van der Waals surface area contributed by atoms with Crippen LogP contribution >= 0.6 is 0 Å². The quantitative estimate of drug-likeness (QED) is 0.854. The SMILES string of the molecule is C[C@H]1CC2(CCN(c3nc(N)c(-c4ccc(F)cc4F)c(=O)n3C)CC2)CO1. The van der Waals surface area contributed by atoms with Crippen molar-refractivity contribution in [3.8, 4) is 11.1 Å². The molecular formula is C20H24F2N4O2. The molecule has 0 bridgehead atoms. The number of hydrogen-bond acceptors (Lipinski definition) is 5. The highest BCUT2D eigenvalue weighted by Gasteiger charge is 2.41. The summed E-state index contributed by atoms with van der Waals surface area (Å²) >= 11 is 0. The average Bonchev–Trinajstić information content (AvgIpc) is 3.01. The molecule has 2 N–H and O–H groups in total. The summed E-state index contributed by atoms with van der Waals surface area (Å²) in [6, 6.07) is 3.04. The van der Waals surface area contributed by atoms with Crippen LogP contribution in [0.1, 0.15) is 26.2 Å². The van der Waals surface area contributed by atoms with E-state index in [-0.39, 0.29) is 28.5 Å². The van der Waals surface area contributed by atoms with Crippen LogP contribution in [0, 0.1) is 17.0 Å². The number of nitrogen functional groups attached to an aromatic ring is 1. The molecule has 8 heteroatoms. The van der Waals surface area contributed by atoms with Crippen LogP contribution in [0.25, 0.3) is 11.1 Å². The largest absolute Gasteiger partial charge is 0.383 e. The standard InChI is InChI=1S/C20H24F2N4O2/c1-12-10-20(11-28-12)5-7-26(8-6-20)19-24-17(23)16(18(27)25(19)2)14-4-3-13(21)9-15(14)22/h3-4,9,12H,5-8,10-11,23H2,1-2H3/t12-/m0/s1. The number of nitrogens with zero attached hydrogens (tertiary/aromatic N) is 3. The van der Waals surface area contributed by atoms with Gasteiger partial charge in [-0.25, -0.2) is 8.78 Å². The van der Waals surface area contributed by atoms with E-state index in [1.165, 1.54) is 10.6 Å². The maximum Gasteiger partial charge on any atom is 0.264 e. The lowest BCUT2D eigenvalue weighted by Gasteiger charge is -2.39. The minimum absolute atomic E-state index is 0.0461. The second-order valence-corrected chi connectivity index (χ2v) is 7.97. The van der Waals surface area contributed by atoms with Gasteiger partial charge < -0.3 is 15.4 Å². The van der Waals surface area contributed by atoms with E-state index < -0.39 is 17.2 Å². The van der Waals surface area contributed by atoms with Crippen molar-refractivity contribution in [3.05, 3.63) is 40.2 Å². The Hall–Kier alpha value is -2.48. The van der Waals surface area contributed by atoms with Gasteiger partial charge in [-0.05, 0) is 43.7 Å². The molecule has 1 spiro atoms. The van der Waals surface area contributed by atoms with E-state index in [4.69, 9.17) is 10.5 Å². The normalized spacial score (nSPS) is 21.4.